The summed E-state index contributed by atoms with van der Waals surface area (Å²) in [5.41, 5.74) is 11.5. The van der Waals surface area contributed by atoms with Crippen LogP contribution < -0.4 is 0 Å². The van der Waals surface area contributed by atoms with Gasteiger partial charge in [-0.1, -0.05) is 133 Å². The molecule has 266 valence electrons. The van der Waals surface area contributed by atoms with Gasteiger partial charge in [0.05, 0.1) is 11.0 Å². The molecule has 4 heterocycles. The van der Waals surface area contributed by atoms with Crippen LogP contribution in [-0.4, -0.2) is 19.5 Å². The topological polar surface area (TPSA) is 69.9 Å². The molecule has 0 saturated carbocycles. The highest BCUT2D eigenvalue weighted by molar-refractivity contribution is 6.17. The Hall–Kier alpha value is -7.83. The fourth-order valence-electron chi connectivity index (χ4n) is 8.50. The predicted molar refractivity (Wildman–Crippen MR) is 230 cm³/mol. The molecule has 0 spiro atoms. The first-order valence-electron chi connectivity index (χ1n) is 19.0. The Labute approximate surface area is 325 Å². The molecule has 0 unspecified atom stereocenters. The summed E-state index contributed by atoms with van der Waals surface area (Å²) >= 11 is 0. The Balaban J connectivity index is 1.06. The Kier molecular flexibility index (Phi) is 6.83. The lowest BCUT2D eigenvalue weighted by molar-refractivity contribution is 0.669. The molecule has 8 aromatic carbocycles. The first-order valence-corrected chi connectivity index (χ1v) is 19.0. The molecule has 0 aliphatic carbocycles. The minimum absolute atomic E-state index is 0.586. The van der Waals surface area contributed by atoms with E-state index in [0.717, 1.165) is 93.8 Å². The molecule has 12 rings (SSSR count). The first kappa shape index (κ1) is 31.5. The van der Waals surface area contributed by atoms with Crippen LogP contribution in [0, 0.1) is 0 Å². The summed E-state index contributed by atoms with van der Waals surface area (Å²) in [4.78, 5) is 15.5. The maximum absolute atomic E-state index is 6.34. The lowest BCUT2D eigenvalue weighted by Gasteiger charge is -2.14. The number of fused-ring (bicyclic) bond motifs is 9. The smallest absolute Gasteiger partial charge is 0.164 e. The lowest BCUT2D eigenvalue weighted by atomic mass is 9.98. The van der Waals surface area contributed by atoms with Gasteiger partial charge in [-0.05, 0) is 59.7 Å². The van der Waals surface area contributed by atoms with E-state index in [0.29, 0.717) is 17.5 Å². The Morgan fingerprint density at radius 3 is 1.79 bits per heavy atom. The van der Waals surface area contributed by atoms with Gasteiger partial charge in [0.2, 0.25) is 0 Å². The quantitative estimate of drug-likeness (QED) is 0.176. The second-order valence-corrected chi connectivity index (χ2v) is 14.4. The number of rotatable bonds is 5. The van der Waals surface area contributed by atoms with Crippen molar-refractivity contribution in [1.82, 2.24) is 19.5 Å². The molecule has 0 bridgehead atoms. The molecular formula is C51H30N4O2. The van der Waals surface area contributed by atoms with Crippen molar-refractivity contribution in [1.29, 1.82) is 0 Å². The Bertz CT molecular complexity index is 3540. The van der Waals surface area contributed by atoms with Crippen molar-refractivity contribution in [2.45, 2.75) is 0 Å². The fraction of sp³-hybridized carbons (Fsp3) is 0. The molecule has 12 aromatic rings. The average Bonchev–Trinajstić information content (AvgIpc) is 3.95. The minimum atomic E-state index is 0.586. The standard InChI is InChI=1S/C51H30N4O2/c1-2-14-31(15-3-1)49-52-50(54-51(53-49)39-23-13-27-46-48(39)38-22-8-11-26-45(38)56-46)37-21-5-4-18-34(37)32-16-12-17-33(28-32)55-42-24-9-6-19-35(42)40-30-47-41(29-43(40)55)36-20-7-10-25-44(36)57-47/h1-30H. The SMILES string of the molecule is c1ccc(-c2nc(-c3ccccc3-c3cccc(-n4c5ccccc5c5cc6oc7ccccc7c6cc54)c3)nc(-c3cccc4oc5ccccc5c34)n2)cc1. The average molecular weight is 731 g/mol. The largest absolute Gasteiger partial charge is 0.456 e. The van der Waals surface area contributed by atoms with Gasteiger partial charge >= 0.3 is 0 Å². The van der Waals surface area contributed by atoms with Crippen LogP contribution in [0.5, 0.6) is 0 Å². The maximum atomic E-state index is 6.34. The zero-order valence-corrected chi connectivity index (χ0v) is 30.4. The van der Waals surface area contributed by atoms with Crippen LogP contribution in [0.15, 0.2) is 191 Å². The molecule has 0 fully saturated rings. The number of aromatic nitrogens is 4. The first-order chi connectivity index (χ1) is 28.2. The number of hydrogen-bond acceptors (Lipinski definition) is 5. The van der Waals surface area contributed by atoms with Gasteiger partial charge < -0.3 is 13.4 Å². The van der Waals surface area contributed by atoms with Crippen LogP contribution in [0.4, 0.5) is 0 Å². The molecule has 4 aromatic heterocycles. The van der Waals surface area contributed by atoms with Crippen molar-refractivity contribution in [2.75, 3.05) is 0 Å². The summed E-state index contributed by atoms with van der Waals surface area (Å²) in [5.74, 6) is 1.78. The molecule has 0 aliphatic rings. The zero-order chi connectivity index (χ0) is 37.5. The highest BCUT2D eigenvalue weighted by Crippen LogP contribution is 2.41. The molecule has 0 radical (unpaired) electrons. The molecule has 6 nitrogen and oxygen atoms in total. The van der Waals surface area contributed by atoms with Gasteiger partial charge in [-0.15, -0.1) is 0 Å². The van der Waals surface area contributed by atoms with Gasteiger partial charge in [-0.25, -0.2) is 15.0 Å². The second kappa shape index (κ2) is 12.3. The minimum Gasteiger partial charge on any atom is -0.456 e. The summed E-state index contributed by atoms with van der Waals surface area (Å²) in [6.45, 7) is 0. The van der Waals surface area contributed by atoms with Crippen LogP contribution in [0.2, 0.25) is 0 Å². The van der Waals surface area contributed by atoms with E-state index in [1.54, 1.807) is 0 Å². The van der Waals surface area contributed by atoms with E-state index in [1.165, 1.54) is 5.39 Å². The van der Waals surface area contributed by atoms with E-state index in [-0.39, 0.29) is 0 Å². The highest BCUT2D eigenvalue weighted by Gasteiger charge is 2.21. The Morgan fingerprint density at radius 2 is 0.930 bits per heavy atom. The lowest BCUT2D eigenvalue weighted by Crippen LogP contribution is -2.01. The van der Waals surface area contributed by atoms with Crippen molar-refractivity contribution >= 4 is 65.7 Å². The third-order valence-corrected chi connectivity index (χ3v) is 11.1. The fourth-order valence-corrected chi connectivity index (χ4v) is 8.50. The second-order valence-electron chi connectivity index (χ2n) is 14.4. The third kappa shape index (κ3) is 4.94. The monoisotopic (exact) mass is 730 g/mol. The van der Waals surface area contributed by atoms with Gasteiger partial charge in [-0.2, -0.15) is 0 Å². The number of benzene rings is 8. The van der Waals surface area contributed by atoms with Crippen LogP contribution in [0.25, 0.3) is 117 Å². The summed E-state index contributed by atoms with van der Waals surface area (Å²) in [7, 11) is 0. The molecule has 57 heavy (non-hydrogen) atoms. The Morgan fingerprint density at radius 1 is 0.333 bits per heavy atom. The normalized spacial score (nSPS) is 11.9. The van der Waals surface area contributed by atoms with Gasteiger partial charge in [-0.3, -0.25) is 0 Å². The van der Waals surface area contributed by atoms with Crippen LogP contribution in [0.3, 0.4) is 0 Å². The van der Waals surface area contributed by atoms with Crippen molar-refractivity contribution < 1.29 is 8.83 Å². The van der Waals surface area contributed by atoms with Crippen molar-refractivity contribution in [2.24, 2.45) is 0 Å². The molecule has 0 amide bonds. The summed E-state index contributed by atoms with van der Waals surface area (Å²) in [5, 5.41) is 6.54. The summed E-state index contributed by atoms with van der Waals surface area (Å²) in [6.07, 6.45) is 0. The van der Waals surface area contributed by atoms with E-state index in [9.17, 15) is 0 Å². The number of para-hydroxylation sites is 3. The molecule has 0 aliphatic heterocycles. The zero-order valence-electron chi connectivity index (χ0n) is 30.4. The van der Waals surface area contributed by atoms with Crippen molar-refractivity contribution in [3.63, 3.8) is 0 Å². The predicted octanol–water partition coefficient (Wildman–Crippen LogP) is 13.4. The van der Waals surface area contributed by atoms with E-state index in [1.807, 2.05) is 78.9 Å². The van der Waals surface area contributed by atoms with Crippen LogP contribution in [0.1, 0.15) is 0 Å². The van der Waals surface area contributed by atoms with Gasteiger partial charge in [0.1, 0.15) is 22.3 Å². The molecule has 0 saturated heterocycles. The van der Waals surface area contributed by atoms with E-state index < -0.39 is 0 Å². The number of furan rings is 2. The summed E-state index contributed by atoms with van der Waals surface area (Å²) < 4.78 is 15.0. The third-order valence-electron chi connectivity index (χ3n) is 11.1. The van der Waals surface area contributed by atoms with Gasteiger partial charge in [0, 0.05) is 54.7 Å². The molecule has 0 N–H and O–H groups in total. The van der Waals surface area contributed by atoms with Crippen LogP contribution >= 0.6 is 0 Å². The van der Waals surface area contributed by atoms with Crippen molar-refractivity contribution in [3.8, 4) is 51.0 Å². The van der Waals surface area contributed by atoms with Gasteiger partial charge in [0.25, 0.3) is 0 Å². The number of hydrogen-bond donors (Lipinski definition) is 0. The van der Waals surface area contributed by atoms with E-state index in [2.05, 4.69) is 108 Å². The van der Waals surface area contributed by atoms with E-state index in [4.69, 9.17) is 23.8 Å². The molecular weight excluding hydrogens is 701 g/mol. The number of nitrogens with zero attached hydrogens (tertiary/aromatic N) is 4. The molecule has 6 heteroatoms. The van der Waals surface area contributed by atoms with E-state index >= 15 is 0 Å². The van der Waals surface area contributed by atoms with Crippen LogP contribution in [-0.2, 0) is 0 Å². The summed E-state index contributed by atoms with van der Waals surface area (Å²) in [6, 6.07) is 62.7. The maximum Gasteiger partial charge on any atom is 0.164 e. The highest BCUT2D eigenvalue weighted by atomic mass is 16.3. The van der Waals surface area contributed by atoms with Crippen molar-refractivity contribution in [3.05, 3.63) is 182 Å². The molecule has 0 atom stereocenters. The van der Waals surface area contributed by atoms with Gasteiger partial charge in [0.15, 0.2) is 17.5 Å².